The minimum absolute atomic E-state index is 0.111. The van der Waals surface area contributed by atoms with Crippen molar-refractivity contribution in [2.24, 2.45) is 0 Å². The van der Waals surface area contributed by atoms with Crippen molar-refractivity contribution in [3.63, 3.8) is 0 Å². The molecule has 1 amide bonds. The lowest BCUT2D eigenvalue weighted by Crippen LogP contribution is -2.36. The Morgan fingerprint density at radius 2 is 1.88 bits per heavy atom. The Balaban J connectivity index is 2.12. The third kappa shape index (κ3) is 5.17. The molecule has 0 saturated carbocycles. The maximum Gasteiger partial charge on any atom is 0.248 e. The zero-order chi connectivity index (χ0) is 17.7. The van der Waals surface area contributed by atoms with Gasteiger partial charge in [0.2, 0.25) is 11.9 Å². The van der Waals surface area contributed by atoms with Gasteiger partial charge in [0.15, 0.2) is 5.13 Å². The average Bonchev–Trinajstić information content (AvgIpc) is 2.80. The Morgan fingerprint density at radius 1 is 1.21 bits per heavy atom. The molecule has 0 aliphatic heterocycles. The lowest BCUT2D eigenvalue weighted by Gasteiger charge is -2.17. The lowest BCUT2D eigenvalue weighted by molar-refractivity contribution is -0.116. The molecule has 0 aromatic carbocycles. The first-order valence-corrected chi connectivity index (χ1v) is 9.92. The first-order chi connectivity index (χ1) is 11.4. The van der Waals surface area contributed by atoms with Crippen molar-refractivity contribution in [2.75, 3.05) is 22.6 Å². The van der Waals surface area contributed by atoms with Gasteiger partial charge in [-0.1, -0.05) is 0 Å². The standard InChI is InChI=1S/C16H23N5OS2/c1-9-8-10(2)18-15(17-9)20-13(6-7-23-5)14(22)21-16-19-11(3)12(4)24-16/h8,13H,6-7H2,1-5H3,(H,17,18,20)(H,19,21,22). The Kier molecular flexibility index (Phi) is 6.56. The fraction of sp³-hybridized carbons (Fsp3) is 0.500. The van der Waals surface area contributed by atoms with Crippen LogP contribution in [0.15, 0.2) is 6.07 Å². The predicted octanol–water partition coefficient (Wildman–Crippen LogP) is 3.34. The van der Waals surface area contributed by atoms with Gasteiger partial charge in [0.1, 0.15) is 6.04 Å². The van der Waals surface area contributed by atoms with Gasteiger partial charge < -0.3 is 10.6 Å². The van der Waals surface area contributed by atoms with Gasteiger partial charge in [-0.15, -0.1) is 11.3 Å². The summed E-state index contributed by atoms with van der Waals surface area (Å²) >= 11 is 3.19. The van der Waals surface area contributed by atoms with E-state index in [4.69, 9.17) is 0 Å². The van der Waals surface area contributed by atoms with Gasteiger partial charge in [-0.05, 0) is 52.2 Å². The van der Waals surface area contributed by atoms with Crippen LogP contribution in [0.2, 0.25) is 0 Å². The highest BCUT2D eigenvalue weighted by atomic mass is 32.2. The summed E-state index contributed by atoms with van der Waals surface area (Å²) in [6.07, 6.45) is 2.71. The van der Waals surface area contributed by atoms with Crippen LogP contribution in [0.4, 0.5) is 11.1 Å². The van der Waals surface area contributed by atoms with E-state index in [1.165, 1.54) is 11.3 Å². The van der Waals surface area contributed by atoms with Crippen LogP contribution in [-0.2, 0) is 4.79 Å². The Bertz CT molecular complexity index is 677. The van der Waals surface area contributed by atoms with Crippen LogP contribution in [0.25, 0.3) is 0 Å². The Hall–Kier alpha value is -1.67. The first kappa shape index (κ1) is 18.7. The zero-order valence-corrected chi connectivity index (χ0v) is 16.3. The number of anilines is 2. The molecular weight excluding hydrogens is 342 g/mol. The van der Waals surface area contributed by atoms with E-state index in [1.807, 2.05) is 40.0 Å². The maximum atomic E-state index is 12.6. The van der Waals surface area contributed by atoms with E-state index >= 15 is 0 Å². The van der Waals surface area contributed by atoms with Crippen LogP contribution >= 0.6 is 23.1 Å². The van der Waals surface area contributed by atoms with Crippen molar-refractivity contribution in [2.45, 2.75) is 40.2 Å². The maximum absolute atomic E-state index is 12.6. The highest BCUT2D eigenvalue weighted by Crippen LogP contribution is 2.21. The molecular formula is C16H23N5OS2. The van der Waals surface area contributed by atoms with Crippen LogP contribution in [0, 0.1) is 27.7 Å². The molecule has 0 saturated heterocycles. The van der Waals surface area contributed by atoms with Crippen LogP contribution < -0.4 is 10.6 Å². The number of hydrogen-bond donors (Lipinski definition) is 2. The predicted molar refractivity (Wildman–Crippen MR) is 102 cm³/mol. The normalized spacial score (nSPS) is 12.0. The van der Waals surface area contributed by atoms with Crippen LogP contribution in [-0.4, -0.2) is 38.9 Å². The minimum atomic E-state index is -0.400. The van der Waals surface area contributed by atoms with Crippen molar-refractivity contribution in [1.82, 2.24) is 15.0 Å². The summed E-state index contributed by atoms with van der Waals surface area (Å²) < 4.78 is 0. The number of aromatic nitrogens is 3. The SMILES string of the molecule is CSCCC(Nc1nc(C)cc(C)n1)C(=O)Nc1nc(C)c(C)s1. The van der Waals surface area contributed by atoms with Crippen molar-refractivity contribution >= 4 is 40.1 Å². The van der Waals surface area contributed by atoms with Crippen LogP contribution in [0.5, 0.6) is 0 Å². The molecule has 2 N–H and O–H groups in total. The summed E-state index contributed by atoms with van der Waals surface area (Å²) in [7, 11) is 0. The molecule has 1 unspecified atom stereocenters. The van der Waals surface area contributed by atoms with Crippen molar-refractivity contribution < 1.29 is 4.79 Å². The molecule has 0 radical (unpaired) electrons. The number of carbonyl (C=O) groups excluding carboxylic acids is 1. The van der Waals surface area contributed by atoms with Gasteiger partial charge in [-0.3, -0.25) is 4.79 Å². The molecule has 24 heavy (non-hydrogen) atoms. The third-order valence-corrected chi connectivity index (χ3v) is 5.10. The summed E-state index contributed by atoms with van der Waals surface area (Å²) in [5, 5.41) is 6.70. The molecule has 0 aliphatic carbocycles. The Labute approximate surface area is 150 Å². The Morgan fingerprint density at radius 3 is 2.42 bits per heavy atom. The third-order valence-electron chi connectivity index (χ3n) is 3.47. The molecule has 0 spiro atoms. The minimum Gasteiger partial charge on any atom is -0.342 e. The first-order valence-electron chi connectivity index (χ1n) is 7.71. The van der Waals surface area contributed by atoms with E-state index in [9.17, 15) is 4.79 Å². The second-order valence-corrected chi connectivity index (χ2v) is 7.79. The van der Waals surface area contributed by atoms with Crippen molar-refractivity contribution in [3.05, 3.63) is 28.0 Å². The molecule has 1 atom stereocenters. The summed E-state index contributed by atoms with van der Waals surface area (Å²) in [5.74, 6) is 1.24. The molecule has 130 valence electrons. The second-order valence-electron chi connectivity index (χ2n) is 5.60. The quantitative estimate of drug-likeness (QED) is 0.783. The topological polar surface area (TPSA) is 79.8 Å². The number of nitrogens with zero attached hydrogens (tertiary/aromatic N) is 3. The summed E-state index contributed by atoms with van der Waals surface area (Å²) in [6, 6.07) is 1.51. The molecule has 2 aromatic heterocycles. The van der Waals surface area contributed by atoms with Gasteiger partial charge in [-0.2, -0.15) is 11.8 Å². The highest BCUT2D eigenvalue weighted by Gasteiger charge is 2.21. The van der Waals surface area contributed by atoms with Gasteiger partial charge in [0, 0.05) is 16.3 Å². The molecule has 2 rings (SSSR count). The average molecular weight is 366 g/mol. The summed E-state index contributed by atoms with van der Waals surface area (Å²) in [5.41, 5.74) is 2.70. The van der Waals surface area contributed by atoms with Crippen LogP contribution in [0.1, 0.15) is 28.4 Å². The molecule has 8 heteroatoms. The number of amides is 1. The largest absolute Gasteiger partial charge is 0.342 e. The number of thiazole rings is 1. The van der Waals surface area contributed by atoms with E-state index in [0.29, 0.717) is 17.5 Å². The number of hydrogen-bond acceptors (Lipinski definition) is 7. The summed E-state index contributed by atoms with van der Waals surface area (Å²) in [4.78, 5) is 26.9. The fourth-order valence-corrected chi connectivity index (χ4v) is 3.46. The van der Waals surface area contributed by atoms with Crippen LogP contribution in [0.3, 0.4) is 0 Å². The fourth-order valence-electron chi connectivity index (χ4n) is 2.17. The highest BCUT2D eigenvalue weighted by molar-refractivity contribution is 7.98. The molecule has 0 fully saturated rings. The van der Waals surface area contributed by atoms with E-state index in [2.05, 4.69) is 25.6 Å². The molecule has 0 bridgehead atoms. The van der Waals surface area contributed by atoms with Gasteiger partial charge in [0.05, 0.1) is 5.69 Å². The number of nitrogens with one attached hydrogen (secondary N) is 2. The monoisotopic (exact) mass is 365 g/mol. The van der Waals surface area contributed by atoms with Gasteiger partial charge in [0.25, 0.3) is 0 Å². The number of aryl methyl sites for hydroxylation is 4. The molecule has 0 aliphatic rings. The lowest BCUT2D eigenvalue weighted by atomic mass is 10.2. The molecule has 2 heterocycles. The number of rotatable bonds is 7. The van der Waals surface area contributed by atoms with E-state index in [1.54, 1.807) is 11.8 Å². The molecule has 6 nitrogen and oxygen atoms in total. The van der Waals surface area contributed by atoms with Crippen molar-refractivity contribution in [1.29, 1.82) is 0 Å². The van der Waals surface area contributed by atoms with E-state index < -0.39 is 6.04 Å². The van der Waals surface area contributed by atoms with Gasteiger partial charge >= 0.3 is 0 Å². The number of carbonyl (C=O) groups is 1. The number of thioether (sulfide) groups is 1. The van der Waals surface area contributed by atoms with Crippen molar-refractivity contribution in [3.8, 4) is 0 Å². The second kappa shape index (κ2) is 8.43. The molecule has 2 aromatic rings. The zero-order valence-electron chi connectivity index (χ0n) is 14.6. The van der Waals surface area contributed by atoms with Gasteiger partial charge in [-0.25, -0.2) is 15.0 Å². The summed E-state index contributed by atoms with van der Waals surface area (Å²) in [6.45, 7) is 7.76. The smallest absolute Gasteiger partial charge is 0.248 e. The van der Waals surface area contributed by atoms with E-state index in [0.717, 1.165) is 27.7 Å². The van der Waals surface area contributed by atoms with E-state index in [-0.39, 0.29) is 5.91 Å².